The second kappa shape index (κ2) is 8.33. The number of ether oxygens (including phenoxy) is 1. The van der Waals surface area contributed by atoms with Crippen LogP contribution in [0.4, 0.5) is 0 Å². The van der Waals surface area contributed by atoms with E-state index in [2.05, 4.69) is 6.07 Å². The van der Waals surface area contributed by atoms with Crippen LogP contribution < -0.4 is 0 Å². The fraction of sp³-hybridized carbons (Fsp3) is 0.300. The van der Waals surface area contributed by atoms with Crippen LogP contribution in [0.2, 0.25) is 0 Å². The SMILES string of the molecule is N#Cc1ccccc1COC(=O)c1ccc(S(=O)(=O)N2CCCCC2)cc1. The van der Waals surface area contributed by atoms with Crippen molar-refractivity contribution in [3.63, 3.8) is 0 Å². The number of hydrogen-bond donors (Lipinski definition) is 0. The van der Waals surface area contributed by atoms with Crippen LogP contribution in [0.5, 0.6) is 0 Å². The highest BCUT2D eigenvalue weighted by Crippen LogP contribution is 2.21. The maximum atomic E-state index is 12.6. The highest BCUT2D eigenvalue weighted by Gasteiger charge is 2.26. The molecule has 0 radical (unpaired) electrons. The van der Waals surface area contributed by atoms with E-state index in [0.717, 1.165) is 19.3 Å². The molecule has 0 saturated carbocycles. The van der Waals surface area contributed by atoms with E-state index >= 15 is 0 Å². The Morgan fingerprint density at radius 2 is 1.70 bits per heavy atom. The van der Waals surface area contributed by atoms with Crippen LogP contribution in [0.1, 0.15) is 40.7 Å². The summed E-state index contributed by atoms with van der Waals surface area (Å²) in [6, 6.07) is 14.7. The van der Waals surface area contributed by atoms with Crippen LogP contribution >= 0.6 is 0 Å². The smallest absolute Gasteiger partial charge is 0.338 e. The Morgan fingerprint density at radius 1 is 1.04 bits per heavy atom. The average Bonchev–Trinajstić information content (AvgIpc) is 2.73. The van der Waals surface area contributed by atoms with Crippen LogP contribution in [0.15, 0.2) is 53.4 Å². The number of carbonyl (C=O) groups excluding carboxylic acids is 1. The van der Waals surface area contributed by atoms with Crippen molar-refractivity contribution in [2.24, 2.45) is 0 Å². The standard InChI is InChI=1S/C20H20N2O4S/c21-14-17-6-2-3-7-18(17)15-26-20(23)16-8-10-19(11-9-16)27(24,25)22-12-4-1-5-13-22/h2-3,6-11H,1,4-5,12-13,15H2. The molecule has 2 aromatic carbocycles. The predicted octanol–water partition coefficient (Wildman–Crippen LogP) is 3.09. The van der Waals surface area contributed by atoms with Gasteiger partial charge >= 0.3 is 5.97 Å². The van der Waals surface area contributed by atoms with E-state index in [4.69, 9.17) is 10.00 Å². The minimum absolute atomic E-state index is 0.0175. The number of piperidine rings is 1. The fourth-order valence-corrected chi connectivity index (χ4v) is 4.52. The molecule has 0 aliphatic carbocycles. The highest BCUT2D eigenvalue weighted by atomic mass is 32.2. The molecule has 0 bridgehead atoms. The first-order valence-electron chi connectivity index (χ1n) is 8.78. The number of esters is 1. The van der Waals surface area contributed by atoms with Gasteiger partial charge in [0, 0.05) is 18.7 Å². The lowest BCUT2D eigenvalue weighted by atomic mass is 10.1. The van der Waals surface area contributed by atoms with Crippen LogP contribution in [-0.2, 0) is 21.4 Å². The molecule has 0 spiro atoms. The monoisotopic (exact) mass is 384 g/mol. The van der Waals surface area contributed by atoms with Gasteiger partial charge in [0.15, 0.2) is 0 Å². The van der Waals surface area contributed by atoms with Crippen LogP contribution in [-0.4, -0.2) is 31.8 Å². The van der Waals surface area contributed by atoms with E-state index in [1.807, 2.05) is 0 Å². The third kappa shape index (κ3) is 4.35. The Hall–Kier alpha value is -2.69. The molecule has 1 heterocycles. The largest absolute Gasteiger partial charge is 0.457 e. The number of hydrogen-bond acceptors (Lipinski definition) is 5. The number of rotatable bonds is 5. The number of nitriles is 1. The van der Waals surface area contributed by atoms with Crippen LogP contribution in [0.3, 0.4) is 0 Å². The Bertz CT molecular complexity index is 956. The zero-order valence-corrected chi connectivity index (χ0v) is 15.6. The van der Waals surface area contributed by atoms with E-state index in [-0.39, 0.29) is 17.1 Å². The summed E-state index contributed by atoms with van der Waals surface area (Å²) in [5.41, 5.74) is 1.34. The molecule has 6 nitrogen and oxygen atoms in total. The molecule has 1 fully saturated rings. The lowest BCUT2D eigenvalue weighted by Crippen LogP contribution is -2.35. The van der Waals surface area contributed by atoms with Crippen molar-refractivity contribution in [1.82, 2.24) is 4.31 Å². The zero-order valence-electron chi connectivity index (χ0n) is 14.8. The molecule has 1 aliphatic rings. The lowest BCUT2D eigenvalue weighted by Gasteiger charge is -2.25. The molecule has 0 atom stereocenters. The summed E-state index contributed by atoms with van der Waals surface area (Å²) in [5, 5.41) is 9.06. The van der Waals surface area contributed by atoms with Gasteiger partial charge in [0.2, 0.25) is 10.0 Å². The molecule has 1 aliphatic heterocycles. The van der Waals surface area contributed by atoms with Crippen molar-refractivity contribution in [1.29, 1.82) is 5.26 Å². The van der Waals surface area contributed by atoms with Gasteiger partial charge in [-0.25, -0.2) is 13.2 Å². The summed E-state index contributed by atoms with van der Waals surface area (Å²) in [5.74, 6) is -0.565. The van der Waals surface area contributed by atoms with Crippen molar-refractivity contribution in [2.75, 3.05) is 13.1 Å². The summed E-state index contributed by atoms with van der Waals surface area (Å²) in [6.07, 6.45) is 2.79. The van der Waals surface area contributed by atoms with Crippen molar-refractivity contribution in [3.05, 3.63) is 65.2 Å². The molecule has 2 aromatic rings. The van der Waals surface area contributed by atoms with Gasteiger partial charge in [0.25, 0.3) is 0 Å². The second-order valence-corrected chi connectivity index (χ2v) is 8.27. The van der Waals surface area contributed by atoms with E-state index in [0.29, 0.717) is 24.2 Å². The molecule has 3 rings (SSSR count). The van der Waals surface area contributed by atoms with Gasteiger partial charge in [0.05, 0.1) is 22.1 Å². The Balaban J connectivity index is 1.68. The van der Waals surface area contributed by atoms with E-state index in [1.165, 1.54) is 28.6 Å². The van der Waals surface area contributed by atoms with Gasteiger partial charge in [0.1, 0.15) is 6.61 Å². The molecule has 0 amide bonds. The number of nitrogens with zero attached hydrogens (tertiary/aromatic N) is 2. The van der Waals surface area contributed by atoms with E-state index < -0.39 is 16.0 Å². The third-order valence-electron chi connectivity index (χ3n) is 4.54. The first kappa shape index (κ1) is 19.1. The van der Waals surface area contributed by atoms with Gasteiger partial charge in [-0.05, 0) is 43.2 Å². The molecule has 0 unspecified atom stereocenters. The van der Waals surface area contributed by atoms with Gasteiger partial charge in [-0.15, -0.1) is 0 Å². The summed E-state index contributed by atoms with van der Waals surface area (Å²) in [4.78, 5) is 12.4. The van der Waals surface area contributed by atoms with Crippen molar-refractivity contribution in [2.45, 2.75) is 30.8 Å². The molecule has 0 N–H and O–H groups in total. The third-order valence-corrected chi connectivity index (χ3v) is 6.45. The molecule has 140 valence electrons. The summed E-state index contributed by atoms with van der Waals surface area (Å²) >= 11 is 0. The topological polar surface area (TPSA) is 87.5 Å². The second-order valence-electron chi connectivity index (χ2n) is 6.33. The number of benzene rings is 2. The van der Waals surface area contributed by atoms with Crippen LogP contribution in [0.25, 0.3) is 0 Å². The Morgan fingerprint density at radius 3 is 2.37 bits per heavy atom. The maximum Gasteiger partial charge on any atom is 0.338 e. The maximum absolute atomic E-state index is 12.6. The number of carbonyl (C=O) groups is 1. The normalized spacial score (nSPS) is 15.1. The van der Waals surface area contributed by atoms with E-state index in [9.17, 15) is 13.2 Å². The molecule has 27 heavy (non-hydrogen) atoms. The summed E-state index contributed by atoms with van der Waals surface area (Å²) in [6.45, 7) is 1.05. The first-order valence-corrected chi connectivity index (χ1v) is 10.2. The minimum Gasteiger partial charge on any atom is -0.457 e. The Labute approximate surface area is 159 Å². The summed E-state index contributed by atoms with van der Waals surface area (Å²) < 4.78 is 32.0. The highest BCUT2D eigenvalue weighted by molar-refractivity contribution is 7.89. The molecule has 1 saturated heterocycles. The first-order chi connectivity index (χ1) is 13.0. The average molecular weight is 384 g/mol. The van der Waals surface area contributed by atoms with Crippen molar-refractivity contribution in [3.8, 4) is 6.07 Å². The van der Waals surface area contributed by atoms with E-state index in [1.54, 1.807) is 24.3 Å². The molecular formula is C20H20N2O4S. The van der Waals surface area contributed by atoms with Gasteiger partial charge in [-0.3, -0.25) is 0 Å². The molecule has 7 heteroatoms. The van der Waals surface area contributed by atoms with Crippen LogP contribution in [0, 0.1) is 11.3 Å². The quantitative estimate of drug-likeness (QED) is 0.739. The van der Waals surface area contributed by atoms with Gasteiger partial charge in [-0.1, -0.05) is 24.6 Å². The predicted molar refractivity (Wildman–Crippen MR) is 99.3 cm³/mol. The van der Waals surface area contributed by atoms with Crippen molar-refractivity contribution >= 4 is 16.0 Å². The van der Waals surface area contributed by atoms with Gasteiger partial charge in [-0.2, -0.15) is 9.57 Å². The van der Waals surface area contributed by atoms with Crippen molar-refractivity contribution < 1.29 is 17.9 Å². The number of sulfonamides is 1. The lowest BCUT2D eigenvalue weighted by molar-refractivity contribution is 0.0472. The molecule has 0 aromatic heterocycles. The minimum atomic E-state index is -3.52. The zero-order chi connectivity index (χ0) is 19.3. The molecular weight excluding hydrogens is 364 g/mol. The fourth-order valence-electron chi connectivity index (χ4n) is 3.00. The Kier molecular flexibility index (Phi) is 5.89. The van der Waals surface area contributed by atoms with Gasteiger partial charge < -0.3 is 4.74 Å². The summed E-state index contributed by atoms with van der Waals surface area (Å²) in [7, 11) is -3.52.